The summed E-state index contributed by atoms with van der Waals surface area (Å²) in [6, 6.07) is 25.7. The van der Waals surface area contributed by atoms with Crippen molar-refractivity contribution in [2.24, 2.45) is 0 Å². The van der Waals surface area contributed by atoms with Crippen LogP contribution in [-0.4, -0.2) is 22.8 Å². The van der Waals surface area contributed by atoms with Gasteiger partial charge in [0.2, 0.25) is 11.8 Å². The van der Waals surface area contributed by atoms with Crippen molar-refractivity contribution in [2.75, 3.05) is 6.54 Å². The van der Waals surface area contributed by atoms with E-state index in [-0.39, 0.29) is 6.03 Å². The molecular formula is C24H21ClN4O2. The average Bonchev–Trinajstić information content (AvgIpc) is 3.29. The Balaban J connectivity index is 1.47. The first-order valence-electron chi connectivity index (χ1n) is 9.91. The number of amides is 2. The molecule has 7 heteroatoms. The Morgan fingerprint density at radius 1 is 0.903 bits per heavy atom. The molecule has 6 nitrogen and oxygen atoms in total. The van der Waals surface area contributed by atoms with Crippen molar-refractivity contribution in [1.82, 2.24) is 20.8 Å². The quantitative estimate of drug-likeness (QED) is 0.429. The zero-order valence-electron chi connectivity index (χ0n) is 16.7. The Bertz CT molecular complexity index is 1120. The van der Waals surface area contributed by atoms with Crippen LogP contribution in [0, 0.1) is 0 Å². The molecule has 2 N–H and O–H groups in total. The van der Waals surface area contributed by atoms with Crippen LogP contribution >= 0.6 is 11.6 Å². The molecule has 0 spiro atoms. The normalized spacial score (nSPS) is 11.6. The number of hydrogen-bond acceptors (Lipinski definition) is 4. The summed E-state index contributed by atoms with van der Waals surface area (Å²) in [5.74, 6) is 0.660. The summed E-state index contributed by atoms with van der Waals surface area (Å²) in [6.45, 7) is 0.511. The highest BCUT2D eigenvalue weighted by molar-refractivity contribution is 6.30. The van der Waals surface area contributed by atoms with Gasteiger partial charge in [-0.05, 0) is 41.8 Å². The fraction of sp³-hybridized carbons (Fsp3) is 0.125. The van der Waals surface area contributed by atoms with Crippen molar-refractivity contribution in [3.8, 4) is 11.5 Å². The number of rotatable bonds is 7. The number of halogens is 1. The van der Waals surface area contributed by atoms with E-state index in [0.717, 1.165) is 23.1 Å². The Labute approximate surface area is 185 Å². The van der Waals surface area contributed by atoms with E-state index in [4.69, 9.17) is 16.0 Å². The number of hydrogen-bond donors (Lipinski definition) is 2. The highest BCUT2D eigenvalue weighted by atomic mass is 35.5. The van der Waals surface area contributed by atoms with E-state index in [1.165, 1.54) is 0 Å². The average molecular weight is 433 g/mol. The number of urea groups is 1. The Kier molecular flexibility index (Phi) is 6.59. The Morgan fingerprint density at radius 3 is 2.29 bits per heavy atom. The smallest absolute Gasteiger partial charge is 0.315 e. The molecule has 2 amide bonds. The number of nitrogens with one attached hydrogen (secondary N) is 2. The van der Waals surface area contributed by atoms with Gasteiger partial charge >= 0.3 is 6.03 Å². The first-order valence-corrected chi connectivity index (χ1v) is 10.3. The van der Waals surface area contributed by atoms with Crippen molar-refractivity contribution in [3.05, 3.63) is 107 Å². The van der Waals surface area contributed by atoms with Gasteiger partial charge in [-0.25, -0.2) is 4.79 Å². The SMILES string of the molecule is O=C(NCCc1ccccc1)NC(c1ccccc1)c1nnc(-c2ccc(Cl)cc2)o1. The van der Waals surface area contributed by atoms with Crippen molar-refractivity contribution in [1.29, 1.82) is 0 Å². The van der Waals surface area contributed by atoms with Crippen LogP contribution in [0.1, 0.15) is 23.1 Å². The maximum atomic E-state index is 12.6. The molecule has 31 heavy (non-hydrogen) atoms. The molecule has 4 aromatic rings. The number of aromatic nitrogens is 2. The topological polar surface area (TPSA) is 80.0 Å². The standard InChI is InChI=1S/C24H21ClN4O2/c25-20-13-11-19(12-14-20)22-28-29-23(31-22)21(18-9-5-2-6-10-18)27-24(30)26-16-15-17-7-3-1-4-8-17/h1-14,21H,15-16H2,(H2,26,27,30). The predicted molar refractivity (Wildman–Crippen MR) is 120 cm³/mol. The molecule has 1 atom stereocenters. The van der Waals surface area contributed by atoms with Crippen molar-refractivity contribution >= 4 is 17.6 Å². The van der Waals surface area contributed by atoms with Crippen molar-refractivity contribution in [2.45, 2.75) is 12.5 Å². The van der Waals surface area contributed by atoms with Gasteiger partial charge < -0.3 is 15.1 Å². The molecule has 4 rings (SSSR count). The third-order valence-electron chi connectivity index (χ3n) is 4.73. The van der Waals surface area contributed by atoms with Crippen molar-refractivity contribution < 1.29 is 9.21 Å². The lowest BCUT2D eigenvalue weighted by atomic mass is 10.1. The van der Waals surface area contributed by atoms with Gasteiger partial charge in [-0.15, -0.1) is 10.2 Å². The number of carbonyl (C=O) groups excluding carboxylic acids is 1. The van der Waals surface area contributed by atoms with Crippen LogP contribution < -0.4 is 10.6 Å². The minimum Gasteiger partial charge on any atom is -0.418 e. The third-order valence-corrected chi connectivity index (χ3v) is 4.98. The number of benzene rings is 3. The molecule has 3 aromatic carbocycles. The molecule has 0 saturated carbocycles. The van der Waals surface area contributed by atoms with Gasteiger partial charge in [0.1, 0.15) is 6.04 Å². The summed E-state index contributed by atoms with van der Waals surface area (Å²) in [6.07, 6.45) is 0.742. The van der Waals surface area contributed by atoms with Crippen LogP contribution in [-0.2, 0) is 6.42 Å². The van der Waals surface area contributed by atoms with Crippen LogP contribution in [0.4, 0.5) is 4.79 Å². The maximum Gasteiger partial charge on any atom is 0.315 e. The van der Waals surface area contributed by atoms with E-state index in [1.54, 1.807) is 24.3 Å². The minimum absolute atomic E-state index is 0.300. The second kappa shape index (κ2) is 9.91. The monoisotopic (exact) mass is 432 g/mol. The molecular weight excluding hydrogens is 412 g/mol. The highest BCUT2D eigenvalue weighted by Gasteiger charge is 2.23. The van der Waals surface area contributed by atoms with E-state index in [1.807, 2.05) is 60.7 Å². The lowest BCUT2D eigenvalue weighted by Crippen LogP contribution is -2.39. The molecule has 0 aliphatic heterocycles. The van der Waals surface area contributed by atoms with Crippen LogP contribution in [0.15, 0.2) is 89.3 Å². The van der Waals surface area contributed by atoms with Crippen LogP contribution in [0.2, 0.25) is 5.02 Å². The molecule has 0 radical (unpaired) electrons. The second-order valence-electron chi connectivity index (χ2n) is 6.93. The first kappa shape index (κ1) is 20.6. The van der Waals surface area contributed by atoms with Crippen LogP contribution in [0.3, 0.4) is 0 Å². The van der Waals surface area contributed by atoms with Gasteiger partial charge in [-0.1, -0.05) is 72.3 Å². The van der Waals surface area contributed by atoms with Crippen LogP contribution in [0.5, 0.6) is 0 Å². The van der Waals surface area contributed by atoms with E-state index >= 15 is 0 Å². The Morgan fingerprint density at radius 2 is 1.58 bits per heavy atom. The van der Waals surface area contributed by atoms with E-state index in [0.29, 0.717) is 23.3 Å². The summed E-state index contributed by atoms with van der Waals surface area (Å²) in [4.78, 5) is 12.6. The molecule has 0 saturated heterocycles. The predicted octanol–water partition coefficient (Wildman–Crippen LogP) is 5.02. The Hall–Kier alpha value is -3.64. The first-order chi connectivity index (χ1) is 15.2. The van der Waals surface area contributed by atoms with E-state index in [2.05, 4.69) is 20.8 Å². The summed E-state index contributed by atoms with van der Waals surface area (Å²) < 4.78 is 5.89. The zero-order chi connectivity index (χ0) is 21.5. The largest absolute Gasteiger partial charge is 0.418 e. The molecule has 0 aliphatic carbocycles. The maximum absolute atomic E-state index is 12.6. The van der Waals surface area contributed by atoms with Gasteiger partial charge in [0.05, 0.1) is 0 Å². The highest BCUT2D eigenvalue weighted by Crippen LogP contribution is 2.25. The van der Waals surface area contributed by atoms with Gasteiger partial charge in [0.15, 0.2) is 0 Å². The summed E-state index contributed by atoms with van der Waals surface area (Å²) in [5.41, 5.74) is 2.75. The molecule has 0 aliphatic rings. The van der Waals surface area contributed by atoms with Crippen molar-refractivity contribution in [3.63, 3.8) is 0 Å². The molecule has 0 bridgehead atoms. The zero-order valence-corrected chi connectivity index (χ0v) is 17.4. The lowest BCUT2D eigenvalue weighted by Gasteiger charge is -2.16. The molecule has 1 aromatic heterocycles. The molecule has 156 valence electrons. The number of nitrogens with zero attached hydrogens (tertiary/aromatic N) is 2. The van der Waals surface area contributed by atoms with Gasteiger partial charge in [-0.2, -0.15) is 0 Å². The molecule has 1 heterocycles. The fourth-order valence-corrected chi connectivity index (χ4v) is 3.27. The lowest BCUT2D eigenvalue weighted by molar-refractivity contribution is 0.237. The summed E-state index contributed by atoms with van der Waals surface area (Å²) in [7, 11) is 0. The van der Waals surface area contributed by atoms with E-state index < -0.39 is 6.04 Å². The van der Waals surface area contributed by atoms with Crippen LogP contribution in [0.25, 0.3) is 11.5 Å². The third kappa shape index (κ3) is 5.49. The second-order valence-corrected chi connectivity index (χ2v) is 7.37. The van der Waals surface area contributed by atoms with E-state index in [9.17, 15) is 4.79 Å². The fourth-order valence-electron chi connectivity index (χ4n) is 3.14. The number of carbonyl (C=O) groups is 1. The van der Waals surface area contributed by atoms with Gasteiger partial charge in [0.25, 0.3) is 0 Å². The molecule has 1 unspecified atom stereocenters. The summed E-state index contributed by atoms with van der Waals surface area (Å²) in [5, 5.41) is 14.8. The van der Waals surface area contributed by atoms with Gasteiger partial charge in [-0.3, -0.25) is 0 Å². The molecule has 0 fully saturated rings. The summed E-state index contributed by atoms with van der Waals surface area (Å²) >= 11 is 5.95. The van der Waals surface area contributed by atoms with Gasteiger partial charge in [0, 0.05) is 17.1 Å². The minimum atomic E-state index is -0.577.